The van der Waals surface area contributed by atoms with E-state index in [1.807, 2.05) is 0 Å². The van der Waals surface area contributed by atoms with Crippen LogP contribution in [-0.2, 0) is 4.74 Å². The number of nitrogens with zero attached hydrogens (tertiary/aromatic N) is 1. The molecule has 0 unspecified atom stereocenters. The highest BCUT2D eigenvalue weighted by atomic mass is 16.5. The van der Waals surface area contributed by atoms with Gasteiger partial charge in [0.15, 0.2) is 0 Å². The topological polar surface area (TPSA) is 33.0 Å². The molecule has 21 heavy (non-hydrogen) atoms. The Labute approximate surface area is 133 Å². The summed E-state index contributed by atoms with van der Waals surface area (Å²) < 4.78 is 4.66. The summed E-state index contributed by atoms with van der Waals surface area (Å²) in [4.78, 5) is 0. The molecule has 0 aliphatic heterocycles. The van der Waals surface area contributed by atoms with Crippen LogP contribution in [-0.4, -0.2) is 6.61 Å². The van der Waals surface area contributed by atoms with Crippen LogP contribution in [0.5, 0.6) is 0 Å². The summed E-state index contributed by atoms with van der Waals surface area (Å²) in [5.74, 6) is 0.879. The second-order valence-electron chi connectivity index (χ2n) is 6.72. The Morgan fingerprint density at radius 1 is 0.667 bits per heavy atom. The molecular formula is C19H37NO. The van der Waals surface area contributed by atoms with Gasteiger partial charge in [-0.2, -0.15) is 5.26 Å². The third-order valence-electron chi connectivity index (χ3n) is 4.09. The molecular weight excluding hydrogens is 258 g/mol. The van der Waals surface area contributed by atoms with Gasteiger partial charge in [0.1, 0.15) is 6.61 Å². The molecule has 0 aromatic heterocycles. The summed E-state index contributed by atoms with van der Waals surface area (Å²) in [6.07, 6.45) is 20.8. The SMILES string of the molecule is CC(C)CCCCCCCCCCCCCCCOC#N. The van der Waals surface area contributed by atoms with Gasteiger partial charge in [0.05, 0.1) is 0 Å². The molecule has 0 N–H and O–H groups in total. The van der Waals surface area contributed by atoms with Crippen molar-refractivity contribution >= 4 is 0 Å². The average Bonchev–Trinajstić information content (AvgIpc) is 2.46. The van der Waals surface area contributed by atoms with Crippen molar-refractivity contribution in [2.24, 2.45) is 5.92 Å². The predicted molar refractivity (Wildman–Crippen MR) is 91.0 cm³/mol. The minimum Gasteiger partial charge on any atom is -0.428 e. The lowest BCUT2D eigenvalue weighted by molar-refractivity contribution is 0.260. The van der Waals surface area contributed by atoms with E-state index in [1.54, 1.807) is 6.26 Å². The molecule has 0 fully saturated rings. The van der Waals surface area contributed by atoms with E-state index >= 15 is 0 Å². The van der Waals surface area contributed by atoms with Crippen molar-refractivity contribution in [3.63, 3.8) is 0 Å². The number of rotatable bonds is 16. The van der Waals surface area contributed by atoms with E-state index in [4.69, 9.17) is 5.26 Å². The number of unbranched alkanes of at least 4 members (excludes halogenated alkanes) is 12. The molecule has 0 atom stereocenters. The van der Waals surface area contributed by atoms with Crippen molar-refractivity contribution in [3.8, 4) is 6.26 Å². The van der Waals surface area contributed by atoms with E-state index in [-0.39, 0.29) is 0 Å². The number of ether oxygens (including phenoxy) is 1. The van der Waals surface area contributed by atoms with Gasteiger partial charge in [0.25, 0.3) is 6.26 Å². The highest BCUT2D eigenvalue weighted by Crippen LogP contribution is 2.14. The maximum Gasteiger partial charge on any atom is 0.286 e. The summed E-state index contributed by atoms with van der Waals surface area (Å²) in [5, 5.41) is 8.22. The fourth-order valence-electron chi connectivity index (χ4n) is 2.72. The van der Waals surface area contributed by atoms with Crippen LogP contribution in [0.1, 0.15) is 104 Å². The molecule has 0 aliphatic carbocycles. The van der Waals surface area contributed by atoms with E-state index < -0.39 is 0 Å². The zero-order valence-electron chi connectivity index (χ0n) is 14.5. The predicted octanol–water partition coefficient (Wildman–Crippen LogP) is 6.60. The summed E-state index contributed by atoms with van der Waals surface area (Å²) in [6, 6.07) is 0. The second kappa shape index (κ2) is 17.3. The van der Waals surface area contributed by atoms with E-state index in [0.29, 0.717) is 6.61 Å². The van der Waals surface area contributed by atoms with E-state index in [2.05, 4.69) is 18.6 Å². The molecule has 0 saturated carbocycles. The molecule has 0 spiro atoms. The van der Waals surface area contributed by atoms with Crippen molar-refractivity contribution in [1.29, 1.82) is 5.26 Å². The Hall–Kier alpha value is -0.710. The fraction of sp³-hybridized carbons (Fsp3) is 0.947. The van der Waals surface area contributed by atoms with E-state index in [9.17, 15) is 0 Å². The summed E-state index contributed by atoms with van der Waals surface area (Å²) >= 11 is 0. The van der Waals surface area contributed by atoms with Gasteiger partial charge in [0.2, 0.25) is 0 Å². The second-order valence-corrected chi connectivity index (χ2v) is 6.72. The monoisotopic (exact) mass is 295 g/mol. The van der Waals surface area contributed by atoms with Gasteiger partial charge in [-0.1, -0.05) is 97.3 Å². The van der Waals surface area contributed by atoms with Crippen molar-refractivity contribution < 1.29 is 4.74 Å². The molecule has 0 bridgehead atoms. The van der Waals surface area contributed by atoms with Gasteiger partial charge in [-0.3, -0.25) is 0 Å². The average molecular weight is 296 g/mol. The standard InChI is InChI=1S/C19H37NO/c1-19(2)16-14-12-10-8-6-4-3-5-7-9-11-13-15-17-21-18-20/h19H,3-17H2,1-2H3. The lowest BCUT2D eigenvalue weighted by Crippen LogP contribution is -1.88. The van der Waals surface area contributed by atoms with Crippen LogP contribution in [0.4, 0.5) is 0 Å². The van der Waals surface area contributed by atoms with Gasteiger partial charge in [-0.15, -0.1) is 0 Å². The summed E-state index contributed by atoms with van der Waals surface area (Å²) in [6.45, 7) is 5.24. The molecule has 0 radical (unpaired) electrons. The number of hydrogen-bond acceptors (Lipinski definition) is 2. The molecule has 2 nitrogen and oxygen atoms in total. The van der Waals surface area contributed by atoms with E-state index in [0.717, 1.165) is 12.3 Å². The summed E-state index contributed by atoms with van der Waals surface area (Å²) in [7, 11) is 0. The van der Waals surface area contributed by atoms with Crippen LogP contribution in [0.2, 0.25) is 0 Å². The van der Waals surface area contributed by atoms with Crippen molar-refractivity contribution in [2.75, 3.05) is 6.61 Å². The molecule has 0 saturated heterocycles. The van der Waals surface area contributed by atoms with E-state index in [1.165, 1.54) is 83.5 Å². The van der Waals surface area contributed by atoms with Gasteiger partial charge < -0.3 is 4.74 Å². The first kappa shape index (κ1) is 20.3. The molecule has 124 valence electrons. The van der Waals surface area contributed by atoms with Crippen LogP contribution < -0.4 is 0 Å². The van der Waals surface area contributed by atoms with Gasteiger partial charge in [-0.25, -0.2) is 0 Å². The molecule has 0 aromatic carbocycles. The maximum absolute atomic E-state index is 8.22. The van der Waals surface area contributed by atoms with Crippen LogP contribution >= 0.6 is 0 Å². The molecule has 0 amide bonds. The molecule has 2 heteroatoms. The highest BCUT2D eigenvalue weighted by molar-refractivity contribution is 4.51. The third kappa shape index (κ3) is 19.3. The highest BCUT2D eigenvalue weighted by Gasteiger charge is 1.96. The first-order chi connectivity index (χ1) is 10.3. The van der Waals surface area contributed by atoms with Crippen LogP contribution in [0, 0.1) is 17.4 Å². The van der Waals surface area contributed by atoms with Crippen molar-refractivity contribution in [2.45, 2.75) is 104 Å². The lowest BCUT2D eigenvalue weighted by Gasteiger charge is -2.04. The normalized spacial score (nSPS) is 10.8. The smallest absolute Gasteiger partial charge is 0.286 e. The molecule has 0 rings (SSSR count). The maximum atomic E-state index is 8.22. The first-order valence-electron chi connectivity index (χ1n) is 9.28. The van der Waals surface area contributed by atoms with Crippen molar-refractivity contribution in [1.82, 2.24) is 0 Å². The number of hydrogen-bond donors (Lipinski definition) is 0. The lowest BCUT2D eigenvalue weighted by atomic mass is 10.0. The van der Waals surface area contributed by atoms with Crippen LogP contribution in [0.15, 0.2) is 0 Å². The summed E-state index contributed by atoms with van der Waals surface area (Å²) in [5.41, 5.74) is 0. The Kier molecular flexibility index (Phi) is 16.8. The minimum atomic E-state index is 0.605. The Bertz CT molecular complexity index is 232. The first-order valence-corrected chi connectivity index (χ1v) is 9.28. The zero-order chi connectivity index (χ0) is 15.6. The Morgan fingerprint density at radius 3 is 1.43 bits per heavy atom. The quantitative estimate of drug-likeness (QED) is 0.237. The van der Waals surface area contributed by atoms with Crippen molar-refractivity contribution in [3.05, 3.63) is 0 Å². The Morgan fingerprint density at radius 2 is 1.05 bits per heavy atom. The molecule has 0 heterocycles. The fourth-order valence-corrected chi connectivity index (χ4v) is 2.72. The van der Waals surface area contributed by atoms with Crippen LogP contribution in [0.3, 0.4) is 0 Å². The molecule has 0 aliphatic rings. The Balaban J connectivity index is 2.95. The third-order valence-corrected chi connectivity index (χ3v) is 4.09. The largest absolute Gasteiger partial charge is 0.428 e. The van der Waals surface area contributed by atoms with Crippen LogP contribution in [0.25, 0.3) is 0 Å². The van der Waals surface area contributed by atoms with Gasteiger partial charge >= 0.3 is 0 Å². The zero-order valence-corrected chi connectivity index (χ0v) is 14.5. The number of nitriles is 1. The minimum absolute atomic E-state index is 0.605. The van der Waals surface area contributed by atoms with Gasteiger partial charge in [-0.05, 0) is 12.3 Å². The van der Waals surface area contributed by atoms with Gasteiger partial charge in [0, 0.05) is 0 Å². The molecule has 0 aromatic rings.